The van der Waals surface area contributed by atoms with Crippen molar-refractivity contribution in [3.63, 3.8) is 0 Å². The van der Waals surface area contributed by atoms with E-state index in [9.17, 15) is 13.2 Å². The SMILES string of the molecule is COc1ccc(OC)c(C(=O)N2CCN(S(=O)(=O)c3ccc4ccccc4c3)CC2)c1. The van der Waals surface area contributed by atoms with E-state index in [0.29, 0.717) is 30.2 Å². The molecule has 3 aromatic rings. The fourth-order valence-electron chi connectivity index (χ4n) is 3.76. The van der Waals surface area contributed by atoms with Crippen molar-refractivity contribution < 1.29 is 22.7 Å². The van der Waals surface area contributed by atoms with Crippen molar-refractivity contribution in [3.05, 3.63) is 66.2 Å². The molecule has 3 aromatic carbocycles. The Bertz CT molecular complexity index is 1220. The molecule has 0 N–H and O–H groups in total. The lowest BCUT2D eigenvalue weighted by Gasteiger charge is -2.34. The number of sulfonamides is 1. The van der Waals surface area contributed by atoms with Crippen LogP contribution in [0.4, 0.5) is 0 Å². The van der Waals surface area contributed by atoms with Gasteiger partial charge in [-0.3, -0.25) is 4.79 Å². The van der Waals surface area contributed by atoms with Crippen LogP contribution in [-0.2, 0) is 10.0 Å². The van der Waals surface area contributed by atoms with Crippen molar-refractivity contribution in [1.29, 1.82) is 0 Å². The van der Waals surface area contributed by atoms with E-state index in [0.717, 1.165) is 10.8 Å². The third kappa shape index (κ3) is 4.08. The van der Waals surface area contributed by atoms with E-state index in [1.54, 1.807) is 35.2 Å². The van der Waals surface area contributed by atoms with Crippen LogP contribution in [0.5, 0.6) is 11.5 Å². The molecule has 0 aliphatic carbocycles. The van der Waals surface area contributed by atoms with E-state index in [-0.39, 0.29) is 23.9 Å². The van der Waals surface area contributed by atoms with Gasteiger partial charge in [-0.1, -0.05) is 30.3 Å². The van der Waals surface area contributed by atoms with Gasteiger partial charge in [-0.2, -0.15) is 4.31 Å². The molecular weight excluding hydrogens is 416 g/mol. The summed E-state index contributed by atoms with van der Waals surface area (Å²) in [4.78, 5) is 14.9. The van der Waals surface area contributed by atoms with Gasteiger partial charge in [-0.25, -0.2) is 8.42 Å². The molecule has 4 rings (SSSR count). The number of rotatable bonds is 5. The van der Waals surface area contributed by atoms with Crippen LogP contribution < -0.4 is 9.47 Å². The number of carbonyl (C=O) groups is 1. The number of methoxy groups -OCH3 is 2. The van der Waals surface area contributed by atoms with Crippen LogP contribution in [0.1, 0.15) is 10.4 Å². The molecule has 1 heterocycles. The molecular formula is C23H24N2O5S. The van der Waals surface area contributed by atoms with E-state index < -0.39 is 10.0 Å². The molecule has 1 saturated heterocycles. The number of benzene rings is 3. The summed E-state index contributed by atoms with van der Waals surface area (Å²) in [6, 6.07) is 17.8. The third-order valence-corrected chi connectivity index (χ3v) is 7.42. The van der Waals surface area contributed by atoms with Crippen LogP contribution >= 0.6 is 0 Å². The smallest absolute Gasteiger partial charge is 0.257 e. The molecule has 0 bridgehead atoms. The Balaban J connectivity index is 1.50. The van der Waals surface area contributed by atoms with Gasteiger partial charge in [-0.05, 0) is 41.1 Å². The molecule has 1 fully saturated rings. The molecule has 0 spiro atoms. The summed E-state index contributed by atoms with van der Waals surface area (Å²) in [5, 5.41) is 1.87. The topological polar surface area (TPSA) is 76.2 Å². The Morgan fingerprint density at radius 1 is 0.839 bits per heavy atom. The fourth-order valence-corrected chi connectivity index (χ4v) is 5.22. The van der Waals surface area contributed by atoms with Gasteiger partial charge < -0.3 is 14.4 Å². The van der Waals surface area contributed by atoms with E-state index in [4.69, 9.17) is 9.47 Å². The zero-order chi connectivity index (χ0) is 22.0. The van der Waals surface area contributed by atoms with Gasteiger partial charge >= 0.3 is 0 Å². The highest BCUT2D eigenvalue weighted by Crippen LogP contribution is 2.27. The molecule has 7 nitrogen and oxygen atoms in total. The van der Waals surface area contributed by atoms with Gasteiger partial charge in [0.25, 0.3) is 5.91 Å². The average Bonchev–Trinajstić information content (AvgIpc) is 2.82. The minimum Gasteiger partial charge on any atom is -0.497 e. The lowest BCUT2D eigenvalue weighted by molar-refractivity contribution is 0.0694. The molecule has 0 atom stereocenters. The molecule has 0 aromatic heterocycles. The number of piperazine rings is 1. The number of hydrogen-bond acceptors (Lipinski definition) is 5. The zero-order valence-electron chi connectivity index (χ0n) is 17.4. The lowest BCUT2D eigenvalue weighted by atomic mass is 10.1. The number of carbonyl (C=O) groups excluding carboxylic acids is 1. The average molecular weight is 441 g/mol. The first-order valence-electron chi connectivity index (χ1n) is 9.94. The molecule has 1 aliphatic rings. The highest BCUT2D eigenvalue weighted by atomic mass is 32.2. The highest BCUT2D eigenvalue weighted by Gasteiger charge is 2.31. The largest absolute Gasteiger partial charge is 0.497 e. The standard InChI is InChI=1S/C23H24N2O5S/c1-29-19-8-10-22(30-2)21(16-19)23(26)24-11-13-25(14-12-24)31(27,28)20-9-7-17-5-3-4-6-18(17)15-20/h3-10,15-16H,11-14H2,1-2H3. The first-order valence-corrected chi connectivity index (χ1v) is 11.4. The molecule has 1 amide bonds. The van der Waals surface area contributed by atoms with Gasteiger partial charge in [0.1, 0.15) is 11.5 Å². The van der Waals surface area contributed by atoms with Crippen molar-refractivity contribution in [2.24, 2.45) is 0 Å². The predicted molar refractivity (Wildman–Crippen MR) is 118 cm³/mol. The molecule has 31 heavy (non-hydrogen) atoms. The Morgan fingerprint density at radius 2 is 1.55 bits per heavy atom. The Morgan fingerprint density at radius 3 is 2.23 bits per heavy atom. The van der Waals surface area contributed by atoms with Gasteiger partial charge in [0.2, 0.25) is 10.0 Å². The summed E-state index contributed by atoms with van der Waals surface area (Å²) in [6.45, 7) is 1.05. The third-order valence-electron chi connectivity index (χ3n) is 5.52. The van der Waals surface area contributed by atoms with E-state index >= 15 is 0 Å². The summed E-state index contributed by atoms with van der Waals surface area (Å²) in [5.74, 6) is 0.803. The molecule has 0 radical (unpaired) electrons. The van der Waals surface area contributed by atoms with Crippen molar-refractivity contribution in [2.75, 3.05) is 40.4 Å². The Labute approximate surface area is 181 Å². The summed E-state index contributed by atoms with van der Waals surface area (Å²) in [5.41, 5.74) is 0.396. The second-order valence-electron chi connectivity index (χ2n) is 7.27. The monoisotopic (exact) mass is 440 g/mol. The molecule has 0 saturated carbocycles. The quantitative estimate of drug-likeness (QED) is 0.610. The summed E-state index contributed by atoms with van der Waals surface area (Å²) in [7, 11) is -0.599. The first kappa shape index (κ1) is 21.1. The van der Waals surface area contributed by atoms with E-state index in [1.165, 1.54) is 18.5 Å². The van der Waals surface area contributed by atoms with Crippen molar-refractivity contribution in [3.8, 4) is 11.5 Å². The van der Waals surface area contributed by atoms with Crippen LogP contribution in [0, 0.1) is 0 Å². The lowest BCUT2D eigenvalue weighted by Crippen LogP contribution is -2.50. The van der Waals surface area contributed by atoms with Crippen LogP contribution in [0.25, 0.3) is 10.8 Å². The molecule has 0 unspecified atom stereocenters. The number of nitrogens with zero attached hydrogens (tertiary/aromatic N) is 2. The highest BCUT2D eigenvalue weighted by molar-refractivity contribution is 7.89. The van der Waals surface area contributed by atoms with Crippen LogP contribution in [0.3, 0.4) is 0 Å². The van der Waals surface area contributed by atoms with Crippen LogP contribution in [0.15, 0.2) is 65.6 Å². The minimum atomic E-state index is -3.64. The Hall–Kier alpha value is -3.10. The maximum Gasteiger partial charge on any atom is 0.257 e. The van der Waals surface area contributed by atoms with Gasteiger partial charge in [-0.15, -0.1) is 0 Å². The van der Waals surface area contributed by atoms with Crippen molar-refractivity contribution in [1.82, 2.24) is 9.21 Å². The normalized spacial score (nSPS) is 15.1. The zero-order valence-corrected chi connectivity index (χ0v) is 18.3. The predicted octanol–water partition coefficient (Wildman–Crippen LogP) is 3.00. The maximum atomic E-state index is 13.1. The second kappa shape index (κ2) is 8.56. The van der Waals surface area contributed by atoms with Gasteiger partial charge in [0.05, 0.1) is 24.7 Å². The second-order valence-corrected chi connectivity index (χ2v) is 9.21. The van der Waals surface area contributed by atoms with E-state index in [2.05, 4.69) is 0 Å². The summed E-state index contributed by atoms with van der Waals surface area (Å²) in [6.07, 6.45) is 0. The minimum absolute atomic E-state index is 0.210. The van der Waals surface area contributed by atoms with Crippen molar-refractivity contribution >= 4 is 26.7 Å². The number of amides is 1. The van der Waals surface area contributed by atoms with E-state index in [1.807, 2.05) is 30.3 Å². The first-order chi connectivity index (χ1) is 14.9. The number of fused-ring (bicyclic) bond motifs is 1. The van der Waals surface area contributed by atoms with Crippen LogP contribution in [-0.4, -0.2) is 63.9 Å². The summed E-state index contributed by atoms with van der Waals surface area (Å²) >= 11 is 0. The molecule has 162 valence electrons. The maximum absolute atomic E-state index is 13.1. The molecule has 1 aliphatic heterocycles. The van der Waals surface area contributed by atoms with Crippen LogP contribution in [0.2, 0.25) is 0 Å². The number of hydrogen-bond donors (Lipinski definition) is 0. The van der Waals surface area contributed by atoms with Gasteiger partial charge in [0.15, 0.2) is 0 Å². The van der Waals surface area contributed by atoms with Crippen molar-refractivity contribution in [2.45, 2.75) is 4.90 Å². The Kier molecular flexibility index (Phi) is 5.84. The molecule has 8 heteroatoms. The fraction of sp³-hybridized carbons (Fsp3) is 0.261. The summed E-state index contributed by atoms with van der Waals surface area (Å²) < 4.78 is 38.3. The number of ether oxygens (including phenoxy) is 2. The van der Waals surface area contributed by atoms with Gasteiger partial charge in [0, 0.05) is 26.2 Å².